The topological polar surface area (TPSA) is 61.4 Å². The summed E-state index contributed by atoms with van der Waals surface area (Å²) in [6, 6.07) is 10.2. The highest BCUT2D eigenvalue weighted by atomic mass is 19.1. The third kappa shape index (κ3) is 3.81. The molecule has 0 bridgehead atoms. The van der Waals surface area contributed by atoms with Gasteiger partial charge in [0, 0.05) is 24.3 Å². The molecule has 132 valence electrons. The highest BCUT2D eigenvalue weighted by Crippen LogP contribution is 2.16. The molecule has 0 aliphatic carbocycles. The SMILES string of the molecule is O=C(NCC#Cc1ccc(N2CCNC2=O)cc1)c1c(F)cccc1F. The minimum absolute atomic E-state index is 0.0527. The van der Waals surface area contributed by atoms with Gasteiger partial charge >= 0.3 is 6.03 Å². The van der Waals surface area contributed by atoms with Crippen molar-refractivity contribution in [1.82, 2.24) is 10.6 Å². The zero-order valence-corrected chi connectivity index (χ0v) is 13.7. The minimum Gasteiger partial charge on any atom is -0.341 e. The predicted octanol–water partition coefficient (Wildman–Crippen LogP) is 2.28. The van der Waals surface area contributed by atoms with E-state index in [1.807, 2.05) is 0 Å². The normalized spacial score (nSPS) is 13.0. The van der Waals surface area contributed by atoms with Crippen LogP contribution in [-0.4, -0.2) is 31.6 Å². The molecule has 0 spiro atoms. The number of carbonyl (C=O) groups is 2. The molecule has 0 saturated carbocycles. The fourth-order valence-corrected chi connectivity index (χ4v) is 2.52. The molecule has 2 N–H and O–H groups in total. The molecule has 0 aromatic heterocycles. The molecule has 1 aliphatic heterocycles. The minimum atomic E-state index is -0.919. The molecule has 5 nitrogen and oxygen atoms in total. The summed E-state index contributed by atoms with van der Waals surface area (Å²) in [6.07, 6.45) is 0. The molecular weight excluding hydrogens is 340 g/mol. The summed E-state index contributed by atoms with van der Waals surface area (Å²) >= 11 is 0. The van der Waals surface area contributed by atoms with Crippen LogP contribution in [0.2, 0.25) is 0 Å². The Bertz CT molecular complexity index is 881. The first-order valence-corrected chi connectivity index (χ1v) is 7.93. The van der Waals surface area contributed by atoms with Crippen LogP contribution >= 0.6 is 0 Å². The maximum absolute atomic E-state index is 13.5. The summed E-state index contributed by atoms with van der Waals surface area (Å²) in [5.41, 5.74) is 0.844. The molecule has 1 saturated heterocycles. The van der Waals surface area contributed by atoms with Crippen LogP contribution in [0.5, 0.6) is 0 Å². The summed E-state index contributed by atoms with van der Waals surface area (Å²) in [6.45, 7) is 1.17. The highest BCUT2D eigenvalue weighted by Gasteiger charge is 2.20. The largest absolute Gasteiger partial charge is 0.341 e. The van der Waals surface area contributed by atoms with Gasteiger partial charge in [-0.25, -0.2) is 13.6 Å². The number of carbonyl (C=O) groups excluding carboxylic acids is 2. The van der Waals surface area contributed by atoms with Crippen molar-refractivity contribution in [3.63, 3.8) is 0 Å². The van der Waals surface area contributed by atoms with Crippen LogP contribution in [0.25, 0.3) is 0 Å². The molecule has 3 rings (SSSR count). The van der Waals surface area contributed by atoms with Gasteiger partial charge in [-0.2, -0.15) is 0 Å². The molecule has 0 radical (unpaired) electrons. The van der Waals surface area contributed by atoms with Crippen molar-refractivity contribution >= 4 is 17.6 Å². The summed E-state index contributed by atoms with van der Waals surface area (Å²) in [7, 11) is 0. The lowest BCUT2D eigenvalue weighted by Crippen LogP contribution is -2.27. The quantitative estimate of drug-likeness (QED) is 0.830. The van der Waals surface area contributed by atoms with Gasteiger partial charge in [-0.05, 0) is 36.4 Å². The number of amides is 3. The Kier molecular flexibility index (Phi) is 5.13. The molecule has 3 amide bonds. The van der Waals surface area contributed by atoms with Crippen molar-refractivity contribution in [2.45, 2.75) is 0 Å². The van der Waals surface area contributed by atoms with Crippen LogP contribution < -0.4 is 15.5 Å². The second kappa shape index (κ2) is 7.66. The molecule has 0 unspecified atom stereocenters. The van der Waals surface area contributed by atoms with Gasteiger partial charge in [0.1, 0.15) is 17.2 Å². The lowest BCUT2D eigenvalue weighted by Gasteiger charge is -2.13. The Labute approximate surface area is 149 Å². The lowest BCUT2D eigenvalue weighted by molar-refractivity contribution is 0.0950. The van der Waals surface area contributed by atoms with Crippen LogP contribution in [-0.2, 0) is 0 Å². The standard InChI is InChI=1S/C19H15F2N3O2/c20-15-4-1-5-16(21)17(15)18(25)22-10-2-3-13-6-8-14(9-7-13)24-12-11-23-19(24)26/h1,4-9H,10-12H2,(H,22,25)(H,23,26). The van der Waals surface area contributed by atoms with Gasteiger partial charge in [0.25, 0.3) is 5.91 Å². The maximum Gasteiger partial charge on any atom is 0.321 e. The Balaban J connectivity index is 1.58. The smallest absolute Gasteiger partial charge is 0.321 e. The van der Waals surface area contributed by atoms with E-state index in [0.717, 1.165) is 17.8 Å². The van der Waals surface area contributed by atoms with E-state index in [0.29, 0.717) is 18.7 Å². The van der Waals surface area contributed by atoms with E-state index >= 15 is 0 Å². The molecule has 0 atom stereocenters. The first-order chi connectivity index (χ1) is 12.6. The van der Waals surface area contributed by atoms with Crippen LogP contribution in [0, 0.1) is 23.5 Å². The Morgan fingerprint density at radius 2 is 1.85 bits per heavy atom. The number of halogens is 2. The molecule has 26 heavy (non-hydrogen) atoms. The van der Waals surface area contributed by atoms with Crippen molar-refractivity contribution in [1.29, 1.82) is 0 Å². The summed E-state index contributed by atoms with van der Waals surface area (Å²) in [5.74, 6) is 2.86. The average Bonchev–Trinajstić information content (AvgIpc) is 3.05. The molecule has 2 aromatic carbocycles. The molecule has 7 heteroatoms. The number of hydrogen-bond acceptors (Lipinski definition) is 2. The van der Waals surface area contributed by atoms with Gasteiger partial charge in [-0.1, -0.05) is 17.9 Å². The van der Waals surface area contributed by atoms with Gasteiger partial charge in [0.05, 0.1) is 6.54 Å². The number of benzene rings is 2. The lowest BCUT2D eigenvalue weighted by atomic mass is 10.2. The Hall–Kier alpha value is -3.40. The molecule has 2 aromatic rings. The van der Waals surface area contributed by atoms with E-state index in [1.54, 1.807) is 29.2 Å². The highest BCUT2D eigenvalue weighted by molar-refractivity contribution is 5.95. The van der Waals surface area contributed by atoms with Crippen LogP contribution in [0.4, 0.5) is 19.3 Å². The van der Waals surface area contributed by atoms with E-state index in [2.05, 4.69) is 22.5 Å². The first kappa shape index (κ1) is 17.4. The number of rotatable bonds is 3. The van der Waals surface area contributed by atoms with Crippen LogP contribution in [0.1, 0.15) is 15.9 Å². The fraction of sp³-hybridized carbons (Fsp3) is 0.158. The zero-order valence-electron chi connectivity index (χ0n) is 13.7. The maximum atomic E-state index is 13.5. The van der Waals surface area contributed by atoms with E-state index in [9.17, 15) is 18.4 Å². The molecule has 1 heterocycles. The van der Waals surface area contributed by atoms with Crippen molar-refractivity contribution in [3.8, 4) is 11.8 Å². The van der Waals surface area contributed by atoms with Gasteiger partial charge in [0.2, 0.25) is 0 Å². The first-order valence-electron chi connectivity index (χ1n) is 7.93. The summed E-state index contributed by atoms with van der Waals surface area (Å²) < 4.78 is 27.0. The van der Waals surface area contributed by atoms with Crippen molar-refractivity contribution in [2.75, 3.05) is 24.5 Å². The van der Waals surface area contributed by atoms with Gasteiger partial charge < -0.3 is 10.6 Å². The predicted molar refractivity (Wildman–Crippen MR) is 92.8 cm³/mol. The average molecular weight is 355 g/mol. The van der Waals surface area contributed by atoms with Crippen molar-refractivity contribution < 1.29 is 18.4 Å². The van der Waals surface area contributed by atoms with Crippen LogP contribution in [0.15, 0.2) is 42.5 Å². The Morgan fingerprint density at radius 1 is 1.15 bits per heavy atom. The van der Waals surface area contributed by atoms with Crippen LogP contribution in [0.3, 0.4) is 0 Å². The summed E-state index contributed by atoms with van der Waals surface area (Å²) in [5, 5.41) is 5.08. The molecule has 1 aliphatic rings. The third-order valence-electron chi connectivity index (χ3n) is 3.80. The number of hydrogen-bond donors (Lipinski definition) is 2. The van der Waals surface area contributed by atoms with Gasteiger partial charge in [0.15, 0.2) is 0 Å². The summed E-state index contributed by atoms with van der Waals surface area (Å²) in [4.78, 5) is 25.0. The van der Waals surface area contributed by atoms with E-state index in [1.165, 1.54) is 6.07 Å². The Morgan fingerprint density at radius 3 is 2.46 bits per heavy atom. The van der Waals surface area contributed by atoms with E-state index in [4.69, 9.17) is 0 Å². The number of urea groups is 1. The molecular formula is C19H15F2N3O2. The monoisotopic (exact) mass is 355 g/mol. The van der Waals surface area contributed by atoms with Gasteiger partial charge in [-0.3, -0.25) is 9.69 Å². The third-order valence-corrected chi connectivity index (χ3v) is 3.80. The fourth-order valence-electron chi connectivity index (χ4n) is 2.52. The van der Waals surface area contributed by atoms with E-state index in [-0.39, 0.29) is 12.6 Å². The number of nitrogens with one attached hydrogen (secondary N) is 2. The van der Waals surface area contributed by atoms with E-state index < -0.39 is 23.1 Å². The number of anilines is 1. The second-order valence-corrected chi connectivity index (χ2v) is 5.51. The number of nitrogens with zero attached hydrogens (tertiary/aromatic N) is 1. The van der Waals surface area contributed by atoms with Crippen molar-refractivity contribution in [2.24, 2.45) is 0 Å². The van der Waals surface area contributed by atoms with Gasteiger partial charge in [-0.15, -0.1) is 0 Å². The second-order valence-electron chi connectivity index (χ2n) is 5.51. The zero-order chi connectivity index (χ0) is 18.5. The molecule has 1 fully saturated rings. The van der Waals surface area contributed by atoms with Crippen molar-refractivity contribution in [3.05, 3.63) is 65.2 Å².